The molecule has 3 N–H and O–H groups in total. The molecule has 0 bridgehead atoms. The molecule has 3 rings (SSSR count). The van der Waals surface area contributed by atoms with Crippen molar-refractivity contribution in [3.05, 3.63) is 49.3 Å². The second-order valence-electron chi connectivity index (χ2n) is 5.06. The molecule has 0 unspecified atom stereocenters. The molecule has 0 aliphatic carbocycles. The van der Waals surface area contributed by atoms with E-state index in [1.807, 2.05) is 43.1 Å². The molecule has 2 heterocycles. The van der Waals surface area contributed by atoms with Gasteiger partial charge in [-0.15, -0.1) is 0 Å². The predicted octanol–water partition coefficient (Wildman–Crippen LogP) is 2.91. The van der Waals surface area contributed by atoms with Gasteiger partial charge in [-0.1, -0.05) is 0 Å². The average molecular weight is 281 g/mol. The number of aryl methyl sites for hydroxylation is 1. The molecule has 0 amide bonds. The largest absolute Gasteiger partial charge is 0.398 e. The highest BCUT2D eigenvalue weighted by atomic mass is 15.0. The van der Waals surface area contributed by atoms with E-state index >= 15 is 0 Å². The van der Waals surface area contributed by atoms with Crippen LogP contribution in [0.15, 0.2) is 49.3 Å². The van der Waals surface area contributed by atoms with Gasteiger partial charge in [0.15, 0.2) is 0 Å². The number of benzene rings is 1. The third-order valence-electron chi connectivity index (χ3n) is 3.57. The lowest BCUT2D eigenvalue weighted by atomic mass is 10.1. The van der Waals surface area contributed by atoms with Gasteiger partial charge in [0.05, 0.1) is 6.33 Å². The Labute approximate surface area is 123 Å². The van der Waals surface area contributed by atoms with Crippen molar-refractivity contribution in [1.29, 1.82) is 0 Å². The summed E-state index contributed by atoms with van der Waals surface area (Å²) in [5.41, 5.74) is 7.86. The minimum Gasteiger partial charge on any atom is -0.398 e. The second kappa shape index (κ2) is 6.26. The fourth-order valence-electron chi connectivity index (χ4n) is 2.43. The van der Waals surface area contributed by atoms with Crippen LogP contribution < -0.4 is 11.1 Å². The van der Waals surface area contributed by atoms with Gasteiger partial charge >= 0.3 is 0 Å². The SMILES string of the molecule is Nc1ccc(NCCCCn2ccnc2)c2ccncc12. The maximum absolute atomic E-state index is 5.98. The Bertz CT molecular complexity index is 706. The molecule has 0 saturated heterocycles. The zero-order chi connectivity index (χ0) is 14.5. The first kappa shape index (κ1) is 13.4. The van der Waals surface area contributed by atoms with E-state index in [0.717, 1.165) is 48.1 Å². The first-order chi connectivity index (χ1) is 10.3. The van der Waals surface area contributed by atoms with Gasteiger partial charge in [0, 0.05) is 60.0 Å². The Morgan fingerprint density at radius 1 is 1.05 bits per heavy atom. The quantitative estimate of drug-likeness (QED) is 0.538. The molecule has 0 radical (unpaired) electrons. The Kier molecular flexibility index (Phi) is 4.00. The summed E-state index contributed by atoms with van der Waals surface area (Å²) in [6.07, 6.45) is 11.5. The second-order valence-corrected chi connectivity index (χ2v) is 5.06. The molecule has 108 valence electrons. The molecule has 1 aromatic carbocycles. The van der Waals surface area contributed by atoms with Crippen LogP contribution in [0.4, 0.5) is 11.4 Å². The van der Waals surface area contributed by atoms with Crippen molar-refractivity contribution in [2.24, 2.45) is 0 Å². The van der Waals surface area contributed by atoms with Gasteiger partial charge in [-0.3, -0.25) is 4.98 Å². The fraction of sp³-hybridized carbons (Fsp3) is 0.250. The number of imidazole rings is 1. The summed E-state index contributed by atoms with van der Waals surface area (Å²) < 4.78 is 2.10. The van der Waals surface area contributed by atoms with Crippen LogP contribution in [0, 0.1) is 0 Å². The van der Waals surface area contributed by atoms with Gasteiger partial charge in [-0.25, -0.2) is 4.98 Å². The maximum atomic E-state index is 5.98. The number of hydrogen-bond acceptors (Lipinski definition) is 4. The van der Waals surface area contributed by atoms with Gasteiger partial charge in [0.2, 0.25) is 0 Å². The molecular weight excluding hydrogens is 262 g/mol. The Morgan fingerprint density at radius 2 is 2.00 bits per heavy atom. The van der Waals surface area contributed by atoms with E-state index in [0.29, 0.717) is 0 Å². The van der Waals surface area contributed by atoms with E-state index in [9.17, 15) is 0 Å². The first-order valence-corrected chi connectivity index (χ1v) is 7.16. The molecule has 5 heteroatoms. The van der Waals surface area contributed by atoms with Crippen molar-refractivity contribution in [2.45, 2.75) is 19.4 Å². The average Bonchev–Trinajstić information content (AvgIpc) is 3.03. The molecule has 0 spiro atoms. The molecule has 0 atom stereocenters. The number of fused-ring (bicyclic) bond motifs is 1. The molecule has 21 heavy (non-hydrogen) atoms. The molecule has 2 aromatic heterocycles. The van der Waals surface area contributed by atoms with Crippen molar-refractivity contribution in [1.82, 2.24) is 14.5 Å². The molecular formula is C16H19N5. The number of nitrogen functional groups attached to an aromatic ring is 1. The van der Waals surface area contributed by atoms with Crippen molar-refractivity contribution >= 4 is 22.1 Å². The Morgan fingerprint density at radius 3 is 2.86 bits per heavy atom. The number of unbranched alkanes of at least 4 members (excludes halogenated alkanes) is 1. The third kappa shape index (κ3) is 3.13. The van der Waals surface area contributed by atoms with Crippen LogP contribution in [0.2, 0.25) is 0 Å². The van der Waals surface area contributed by atoms with Gasteiger partial charge in [0.1, 0.15) is 0 Å². The summed E-state index contributed by atoms with van der Waals surface area (Å²) in [5, 5.41) is 5.61. The van der Waals surface area contributed by atoms with E-state index in [-0.39, 0.29) is 0 Å². The van der Waals surface area contributed by atoms with Crippen LogP contribution in [-0.4, -0.2) is 21.1 Å². The fourth-order valence-corrected chi connectivity index (χ4v) is 2.43. The topological polar surface area (TPSA) is 68.8 Å². The van der Waals surface area contributed by atoms with Gasteiger partial charge < -0.3 is 15.6 Å². The van der Waals surface area contributed by atoms with Crippen molar-refractivity contribution < 1.29 is 0 Å². The van der Waals surface area contributed by atoms with Crippen LogP contribution in [0.1, 0.15) is 12.8 Å². The Hall–Kier alpha value is -2.56. The number of anilines is 2. The first-order valence-electron chi connectivity index (χ1n) is 7.16. The van der Waals surface area contributed by atoms with Crippen molar-refractivity contribution in [3.8, 4) is 0 Å². The summed E-state index contributed by atoms with van der Waals surface area (Å²) in [5.74, 6) is 0. The molecule has 5 nitrogen and oxygen atoms in total. The van der Waals surface area contributed by atoms with Gasteiger partial charge in [-0.05, 0) is 31.0 Å². The molecule has 0 saturated carbocycles. The zero-order valence-electron chi connectivity index (χ0n) is 11.9. The Balaban J connectivity index is 1.57. The van der Waals surface area contributed by atoms with E-state index in [1.165, 1.54) is 0 Å². The summed E-state index contributed by atoms with van der Waals surface area (Å²) in [6.45, 7) is 1.95. The lowest BCUT2D eigenvalue weighted by molar-refractivity contribution is 0.621. The normalized spacial score (nSPS) is 10.9. The number of aromatic nitrogens is 3. The predicted molar refractivity (Wildman–Crippen MR) is 86.1 cm³/mol. The number of nitrogens with zero attached hydrogens (tertiary/aromatic N) is 3. The summed E-state index contributed by atoms with van der Waals surface area (Å²) >= 11 is 0. The molecule has 0 aliphatic rings. The highest BCUT2D eigenvalue weighted by Gasteiger charge is 2.03. The van der Waals surface area contributed by atoms with Crippen LogP contribution in [0.5, 0.6) is 0 Å². The third-order valence-corrected chi connectivity index (χ3v) is 3.57. The lowest BCUT2D eigenvalue weighted by Crippen LogP contribution is -2.04. The highest BCUT2D eigenvalue weighted by Crippen LogP contribution is 2.27. The van der Waals surface area contributed by atoms with Gasteiger partial charge in [-0.2, -0.15) is 0 Å². The summed E-state index contributed by atoms with van der Waals surface area (Å²) in [7, 11) is 0. The van der Waals surface area contributed by atoms with Gasteiger partial charge in [0.25, 0.3) is 0 Å². The van der Waals surface area contributed by atoms with Crippen molar-refractivity contribution in [2.75, 3.05) is 17.6 Å². The number of nitrogens with one attached hydrogen (secondary N) is 1. The molecule has 0 fully saturated rings. The lowest BCUT2D eigenvalue weighted by Gasteiger charge is -2.11. The van der Waals surface area contributed by atoms with Crippen molar-refractivity contribution in [3.63, 3.8) is 0 Å². The van der Waals surface area contributed by atoms with E-state index in [2.05, 4.69) is 19.9 Å². The van der Waals surface area contributed by atoms with Crippen LogP contribution in [0.25, 0.3) is 10.8 Å². The summed E-state index contributed by atoms with van der Waals surface area (Å²) in [6, 6.07) is 5.96. The van der Waals surface area contributed by atoms with E-state index in [1.54, 1.807) is 6.20 Å². The number of pyridine rings is 1. The standard InChI is InChI=1S/C16H19N5/c17-15-3-4-16(13-5-7-18-11-14(13)15)20-6-1-2-9-21-10-8-19-12-21/h3-5,7-8,10-12,20H,1-2,6,9,17H2. The van der Waals surface area contributed by atoms with Crippen LogP contribution in [0.3, 0.4) is 0 Å². The monoisotopic (exact) mass is 281 g/mol. The van der Waals surface area contributed by atoms with E-state index in [4.69, 9.17) is 5.73 Å². The number of hydrogen-bond donors (Lipinski definition) is 2. The highest BCUT2D eigenvalue weighted by molar-refractivity contribution is 6.00. The zero-order valence-corrected chi connectivity index (χ0v) is 11.9. The van der Waals surface area contributed by atoms with Crippen LogP contribution >= 0.6 is 0 Å². The minimum atomic E-state index is 0.767. The van der Waals surface area contributed by atoms with Crippen LogP contribution in [-0.2, 0) is 6.54 Å². The number of rotatable bonds is 6. The smallest absolute Gasteiger partial charge is 0.0945 e. The minimum absolute atomic E-state index is 0.767. The maximum Gasteiger partial charge on any atom is 0.0945 e. The number of nitrogens with two attached hydrogens (primary N) is 1. The molecule has 3 aromatic rings. The summed E-state index contributed by atoms with van der Waals surface area (Å²) in [4.78, 5) is 8.18. The van der Waals surface area contributed by atoms with E-state index < -0.39 is 0 Å². The molecule has 0 aliphatic heterocycles.